The van der Waals surface area contributed by atoms with Crippen LogP contribution in [0.4, 0.5) is 5.95 Å². The Morgan fingerprint density at radius 2 is 1.72 bits per heavy atom. The smallest absolute Gasteiger partial charge is 0.220 e. The summed E-state index contributed by atoms with van der Waals surface area (Å²) in [7, 11) is 0. The fourth-order valence-corrected chi connectivity index (χ4v) is 1.87. The van der Waals surface area contributed by atoms with Crippen LogP contribution in [0.5, 0.6) is 5.75 Å². The molecule has 0 saturated heterocycles. The van der Waals surface area contributed by atoms with E-state index in [1.54, 1.807) is 32.0 Å². The van der Waals surface area contributed by atoms with Gasteiger partial charge >= 0.3 is 0 Å². The van der Waals surface area contributed by atoms with Crippen molar-refractivity contribution < 1.29 is 9.90 Å². The molecule has 0 unspecified atom stereocenters. The third-order valence-corrected chi connectivity index (χ3v) is 2.66. The van der Waals surface area contributed by atoms with Gasteiger partial charge in [0.25, 0.3) is 0 Å². The Morgan fingerprint density at radius 3 is 2.28 bits per heavy atom. The van der Waals surface area contributed by atoms with Crippen molar-refractivity contribution >= 4 is 11.7 Å². The molecule has 5 heteroatoms. The number of ketones is 1. The summed E-state index contributed by atoms with van der Waals surface area (Å²) < 4.78 is 0. The first-order chi connectivity index (χ1) is 8.50. The van der Waals surface area contributed by atoms with Crippen molar-refractivity contribution in [3.63, 3.8) is 0 Å². The number of rotatable bonds is 2. The Balaban J connectivity index is 2.57. The van der Waals surface area contributed by atoms with E-state index in [2.05, 4.69) is 9.97 Å². The van der Waals surface area contributed by atoms with Crippen LogP contribution in [0.2, 0.25) is 0 Å². The monoisotopic (exact) mass is 243 g/mol. The van der Waals surface area contributed by atoms with Crippen molar-refractivity contribution in [2.45, 2.75) is 13.8 Å². The summed E-state index contributed by atoms with van der Waals surface area (Å²) >= 11 is 0. The van der Waals surface area contributed by atoms with Gasteiger partial charge < -0.3 is 10.8 Å². The van der Waals surface area contributed by atoms with Crippen molar-refractivity contribution in [1.82, 2.24) is 9.97 Å². The highest BCUT2D eigenvalue weighted by atomic mass is 16.3. The molecule has 18 heavy (non-hydrogen) atoms. The van der Waals surface area contributed by atoms with Crippen LogP contribution < -0.4 is 5.73 Å². The number of anilines is 1. The molecule has 0 aliphatic heterocycles. The van der Waals surface area contributed by atoms with Crippen LogP contribution in [0.25, 0.3) is 0 Å². The van der Waals surface area contributed by atoms with Crippen LogP contribution in [0, 0.1) is 13.8 Å². The molecule has 0 atom stereocenters. The van der Waals surface area contributed by atoms with Gasteiger partial charge in [0, 0.05) is 0 Å². The minimum Gasteiger partial charge on any atom is -0.507 e. The van der Waals surface area contributed by atoms with Crippen molar-refractivity contribution in [2.75, 3.05) is 5.73 Å². The molecular weight excluding hydrogens is 230 g/mol. The predicted molar refractivity (Wildman–Crippen MR) is 67.5 cm³/mol. The summed E-state index contributed by atoms with van der Waals surface area (Å²) in [6.07, 6.45) is 0. The second kappa shape index (κ2) is 4.44. The Labute approximate surface area is 104 Å². The van der Waals surface area contributed by atoms with Crippen LogP contribution >= 0.6 is 0 Å². The van der Waals surface area contributed by atoms with E-state index in [0.29, 0.717) is 17.0 Å². The van der Waals surface area contributed by atoms with E-state index in [1.807, 2.05) is 0 Å². The molecule has 3 N–H and O–H groups in total. The molecule has 0 saturated carbocycles. The minimum atomic E-state index is -0.303. The van der Waals surface area contributed by atoms with Crippen molar-refractivity contribution in [3.8, 4) is 5.75 Å². The summed E-state index contributed by atoms with van der Waals surface area (Å²) in [5.41, 5.74) is 7.14. The number of carbonyl (C=O) groups is 1. The van der Waals surface area contributed by atoms with Gasteiger partial charge in [0.15, 0.2) is 5.78 Å². The quantitative estimate of drug-likeness (QED) is 0.782. The lowest BCUT2D eigenvalue weighted by Crippen LogP contribution is -2.11. The molecule has 0 radical (unpaired) electrons. The number of aromatic hydroxyl groups is 1. The van der Waals surface area contributed by atoms with Crippen molar-refractivity contribution in [3.05, 3.63) is 46.8 Å². The Kier molecular flexibility index (Phi) is 2.97. The summed E-state index contributed by atoms with van der Waals surface area (Å²) in [4.78, 5) is 20.3. The molecule has 0 aliphatic rings. The molecule has 2 aromatic rings. The van der Waals surface area contributed by atoms with E-state index in [1.165, 1.54) is 6.07 Å². The van der Waals surface area contributed by atoms with Gasteiger partial charge in [-0.1, -0.05) is 12.1 Å². The number of nitrogens with zero attached hydrogens (tertiary/aromatic N) is 2. The normalized spacial score (nSPS) is 10.3. The van der Waals surface area contributed by atoms with Gasteiger partial charge in [0.1, 0.15) is 5.75 Å². The van der Waals surface area contributed by atoms with E-state index in [-0.39, 0.29) is 23.0 Å². The second-order valence-corrected chi connectivity index (χ2v) is 3.97. The summed E-state index contributed by atoms with van der Waals surface area (Å²) in [6.45, 7) is 3.39. The standard InChI is InChI=1S/C13H13N3O2/c1-7-11(8(2)16-13(14)15-7)12(18)9-5-3-4-6-10(9)17/h3-6,17H,1-2H3,(H2,14,15,16). The molecule has 1 aromatic carbocycles. The zero-order valence-corrected chi connectivity index (χ0v) is 10.1. The molecule has 0 amide bonds. The third-order valence-electron chi connectivity index (χ3n) is 2.66. The van der Waals surface area contributed by atoms with Gasteiger partial charge in [-0.3, -0.25) is 4.79 Å². The number of hydrogen-bond acceptors (Lipinski definition) is 5. The number of aryl methyl sites for hydroxylation is 2. The first-order valence-electron chi connectivity index (χ1n) is 5.44. The van der Waals surface area contributed by atoms with Gasteiger partial charge in [-0.15, -0.1) is 0 Å². The largest absolute Gasteiger partial charge is 0.507 e. The SMILES string of the molecule is Cc1nc(N)nc(C)c1C(=O)c1ccccc1O. The van der Waals surface area contributed by atoms with E-state index >= 15 is 0 Å². The van der Waals surface area contributed by atoms with E-state index < -0.39 is 0 Å². The maximum absolute atomic E-state index is 12.3. The first kappa shape index (κ1) is 12.0. The summed E-state index contributed by atoms with van der Waals surface area (Å²) in [5.74, 6) is -0.222. The van der Waals surface area contributed by atoms with Crippen LogP contribution in [0.15, 0.2) is 24.3 Å². The maximum atomic E-state index is 12.3. The van der Waals surface area contributed by atoms with E-state index in [9.17, 15) is 9.90 Å². The number of aromatic nitrogens is 2. The van der Waals surface area contributed by atoms with Crippen LogP contribution in [0.3, 0.4) is 0 Å². The van der Waals surface area contributed by atoms with Gasteiger partial charge in [-0.2, -0.15) is 0 Å². The number of phenols is 1. The highest BCUT2D eigenvalue weighted by Crippen LogP contribution is 2.22. The molecule has 0 aliphatic carbocycles. The van der Waals surface area contributed by atoms with Gasteiger partial charge in [0.05, 0.1) is 22.5 Å². The Bertz CT molecular complexity index is 600. The van der Waals surface area contributed by atoms with E-state index in [0.717, 1.165) is 0 Å². The molecule has 92 valence electrons. The third kappa shape index (κ3) is 2.02. The van der Waals surface area contributed by atoms with Crippen molar-refractivity contribution in [1.29, 1.82) is 0 Å². The number of nitrogens with two attached hydrogens (primary N) is 1. The fourth-order valence-electron chi connectivity index (χ4n) is 1.87. The van der Waals surface area contributed by atoms with E-state index in [4.69, 9.17) is 5.73 Å². The lowest BCUT2D eigenvalue weighted by molar-refractivity contribution is 0.103. The topological polar surface area (TPSA) is 89.1 Å². The van der Waals surface area contributed by atoms with Gasteiger partial charge in [-0.25, -0.2) is 9.97 Å². The molecule has 0 spiro atoms. The highest BCUT2D eigenvalue weighted by Gasteiger charge is 2.19. The zero-order chi connectivity index (χ0) is 13.3. The maximum Gasteiger partial charge on any atom is 0.220 e. The number of benzene rings is 1. The summed E-state index contributed by atoms with van der Waals surface area (Å²) in [6, 6.07) is 6.38. The first-order valence-corrected chi connectivity index (χ1v) is 5.44. The van der Waals surface area contributed by atoms with Gasteiger partial charge in [0.2, 0.25) is 5.95 Å². The highest BCUT2D eigenvalue weighted by molar-refractivity contribution is 6.11. The Morgan fingerprint density at radius 1 is 1.17 bits per heavy atom. The summed E-state index contributed by atoms with van der Waals surface area (Å²) in [5, 5.41) is 9.69. The zero-order valence-electron chi connectivity index (χ0n) is 10.1. The number of para-hydroxylation sites is 1. The fraction of sp³-hybridized carbons (Fsp3) is 0.154. The van der Waals surface area contributed by atoms with Gasteiger partial charge in [-0.05, 0) is 26.0 Å². The van der Waals surface area contributed by atoms with Crippen molar-refractivity contribution in [2.24, 2.45) is 0 Å². The number of nitrogen functional groups attached to an aromatic ring is 1. The van der Waals surface area contributed by atoms with Crippen LogP contribution in [0.1, 0.15) is 27.3 Å². The second-order valence-electron chi connectivity index (χ2n) is 3.97. The molecular formula is C13H13N3O2. The lowest BCUT2D eigenvalue weighted by Gasteiger charge is -2.09. The molecule has 0 fully saturated rings. The molecule has 2 rings (SSSR count). The number of carbonyl (C=O) groups excluding carboxylic acids is 1. The number of hydrogen-bond donors (Lipinski definition) is 2. The molecule has 1 aromatic heterocycles. The molecule has 0 bridgehead atoms. The number of phenolic OH excluding ortho intramolecular Hbond substituents is 1. The minimum absolute atomic E-state index is 0.0573. The van der Waals surface area contributed by atoms with Crippen LogP contribution in [-0.2, 0) is 0 Å². The average molecular weight is 243 g/mol. The van der Waals surface area contributed by atoms with Crippen LogP contribution in [-0.4, -0.2) is 20.9 Å². The predicted octanol–water partition coefficient (Wildman–Crippen LogP) is 1.61. The lowest BCUT2D eigenvalue weighted by atomic mass is 10.00. The molecule has 5 nitrogen and oxygen atoms in total. The molecule has 1 heterocycles. The average Bonchev–Trinajstić information content (AvgIpc) is 2.27. The Hall–Kier alpha value is -2.43.